The molecule has 1 saturated carbocycles. The predicted molar refractivity (Wildman–Crippen MR) is 103 cm³/mol. The average Bonchev–Trinajstić information content (AvgIpc) is 2.94. The van der Waals surface area contributed by atoms with E-state index in [2.05, 4.69) is 12.2 Å². The van der Waals surface area contributed by atoms with E-state index in [-0.39, 0.29) is 23.1 Å². The van der Waals surface area contributed by atoms with Crippen molar-refractivity contribution >= 4 is 23.4 Å². The average molecular weight is 380 g/mol. The van der Waals surface area contributed by atoms with Crippen LogP contribution in [0.15, 0.2) is 42.5 Å². The minimum absolute atomic E-state index is 0.127. The molecule has 1 N–H and O–H groups in total. The lowest BCUT2D eigenvalue weighted by Gasteiger charge is -2.29. The van der Waals surface area contributed by atoms with Gasteiger partial charge in [0.1, 0.15) is 5.82 Å². The van der Waals surface area contributed by atoms with Crippen LogP contribution in [0.3, 0.4) is 0 Å². The molecule has 1 fully saturated rings. The number of halogens is 1. The molecule has 0 aromatic heterocycles. The van der Waals surface area contributed by atoms with Crippen LogP contribution in [-0.2, 0) is 0 Å². The molecule has 5 nitrogen and oxygen atoms in total. The van der Waals surface area contributed by atoms with Crippen LogP contribution >= 0.6 is 0 Å². The molecule has 4 rings (SSSR count). The normalized spacial score (nSPS) is 21.6. The number of carbonyl (C=O) groups is 3. The van der Waals surface area contributed by atoms with E-state index in [4.69, 9.17) is 0 Å². The van der Waals surface area contributed by atoms with Gasteiger partial charge in [-0.1, -0.05) is 19.8 Å². The number of benzene rings is 2. The molecule has 0 spiro atoms. The van der Waals surface area contributed by atoms with Gasteiger partial charge in [-0.15, -0.1) is 0 Å². The van der Waals surface area contributed by atoms with Crippen molar-refractivity contribution in [2.45, 2.75) is 38.6 Å². The summed E-state index contributed by atoms with van der Waals surface area (Å²) in [5.74, 6) is -1.24. The highest BCUT2D eigenvalue weighted by molar-refractivity contribution is 6.34. The topological polar surface area (TPSA) is 66.5 Å². The van der Waals surface area contributed by atoms with Crippen molar-refractivity contribution in [1.82, 2.24) is 5.32 Å². The number of carbonyl (C=O) groups excluding carboxylic acids is 3. The molecule has 2 aliphatic rings. The van der Waals surface area contributed by atoms with E-state index in [1.807, 2.05) is 0 Å². The smallest absolute Gasteiger partial charge is 0.266 e. The van der Waals surface area contributed by atoms with Gasteiger partial charge in [0.15, 0.2) is 0 Å². The third-order valence-corrected chi connectivity index (χ3v) is 5.66. The fraction of sp³-hybridized carbons (Fsp3) is 0.318. The Morgan fingerprint density at radius 1 is 1.00 bits per heavy atom. The lowest BCUT2D eigenvalue weighted by Crippen LogP contribution is -2.41. The molecule has 6 heteroatoms. The van der Waals surface area contributed by atoms with Gasteiger partial charge < -0.3 is 5.32 Å². The van der Waals surface area contributed by atoms with Crippen LogP contribution in [0.2, 0.25) is 0 Å². The quantitative estimate of drug-likeness (QED) is 0.821. The van der Waals surface area contributed by atoms with Crippen molar-refractivity contribution in [3.05, 3.63) is 65.0 Å². The van der Waals surface area contributed by atoms with Crippen LogP contribution < -0.4 is 10.2 Å². The molecule has 1 aliphatic heterocycles. The summed E-state index contributed by atoms with van der Waals surface area (Å²) in [7, 11) is 0. The minimum Gasteiger partial charge on any atom is -0.349 e. The van der Waals surface area contributed by atoms with Crippen LogP contribution in [0.5, 0.6) is 0 Å². The summed E-state index contributed by atoms with van der Waals surface area (Å²) in [6.45, 7) is 2.13. The second-order valence-corrected chi connectivity index (χ2v) is 7.52. The highest BCUT2D eigenvalue weighted by atomic mass is 19.1. The first kappa shape index (κ1) is 18.3. The van der Waals surface area contributed by atoms with Crippen molar-refractivity contribution in [2.24, 2.45) is 5.92 Å². The summed E-state index contributed by atoms with van der Waals surface area (Å²) in [5, 5.41) is 3.06. The Labute approximate surface area is 162 Å². The minimum atomic E-state index is -0.507. The molecular weight excluding hydrogens is 359 g/mol. The van der Waals surface area contributed by atoms with E-state index < -0.39 is 17.6 Å². The maximum Gasteiger partial charge on any atom is 0.266 e. The van der Waals surface area contributed by atoms with Gasteiger partial charge in [-0.25, -0.2) is 9.29 Å². The molecule has 0 saturated heterocycles. The Balaban J connectivity index is 1.58. The zero-order chi connectivity index (χ0) is 19.8. The Morgan fingerprint density at radius 2 is 1.68 bits per heavy atom. The van der Waals surface area contributed by atoms with Crippen molar-refractivity contribution in [3.8, 4) is 0 Å². The molecule has 0 radical (unpaired) electrons. The van der Waals surface area contributed by atoms with Gasteiger partial charge in [-0.05, 0) is 61.2 Å². The monoisotopic (exact) mass is 380 g/mol. The van der Waals surface area contributed by atoms with Crippen LogP contribution in [0.1, 0.15) is 63.7 Å². The lowest BCUT2D eigenvalue weighted by molar-refractivity contribution is 0.0906. The Hall–Kier alpha value is -3.02. The van der Waals surface area contributed by atoms with E-state index in [1.54, 1.807) is 6.07 Å². The highest BCUT2D eigenvalue weighted by Crippen LogP contribution is 2.29. The number of nitrogens with zero attached hydrogens (tertiary/aromatic N) is 1. The Bertz CT molecular complexity index is 955. The summed E-state index contributed by atoms with van der Waals surface area (Å²) >= 11 is 0. The maximum atomic E-state index is 13.2. The molecule has 1 aliphatic carbocycles. The third kappa shape index (κ3) is 3.19. The first-order chi connectivity index (χ1) is 13.5. The molecule has 144 valence electrons. The Kier molecular flexibility index (Phi) is 4.71. The van der Waals surface area contributed by atoms with Gasteiger partial charge in [0.25, 0.3) is 17.7 Å². The summed E-state index contributed by atoms with van der Waals surface area (Å²) in [6.07, 6.45) is 4.32. The highest BCUT2D eigenvalue weighted by Gasteiger charge is 2.37. The molecule has 2 aromatic rings. The lowest BCUT2D eigenvalue weighted by atomic mass is 9.86. The van der Waals surface area contributed by atoms with Gasteiger partial charge in [0.05, 0.1) is 16.8 Å². The van der Waals surface area contributed by atoms with E-state index in [0.29, 0.717) is 17.2 Å². The SMILES string of the molecule is C[C@H]1CCCC[C@H]1NC(=O)c1ccc2c(c1)C(=O)N(c1ccc(F)cc1)C2=O. The summed E-state index contributed by atoms with van der Waals surface area (Å²) in [6, 6.07) is 9.85. The molecule has 0 unspecified atom stereocenters. The zero-order valence-electron chi connectivity index (χ0n) is 15.6. The molecule has 2 atom stereocenters. The largest absolute Gasteiger partial charge is 0.349 e. The van der Waals surface area contributed by atoms with Crippen LogP contribution in [0.4, 0.5) is 10.1 Å². The third-order valence-electron chi connectivity index (χ3n) is 5.66. The number of nitrogens with one attached hydrogen (secondary N) is 1. The number of fused-ring (bicyclic) bond motifs is 1. The molecule has 28 heavy (non-hydrogen) atoms. The van der Waals surface area contributed by atoms with Crippen molar-refractivity contribution in [3.63, 3.8) is 0 Å². The Morgan fingerprint density at radius 3 is 2.39 bits per heavy atom. The zero-order valence-corrected chi connectivity index (χ0v) is 15.6. The van der Waals surface area contributed by atoms with Crippen LogP contribution in [0.25, 0.3) is 0 Å². The predicted octanol–water partition coefficient (Wildman–Crippen LogP) is 3.93. The van der Waals surface area contributed by atoms with Gasteiger partial charge in [0, 0.05) is 11.6 Å². The summed E-state index contributed by atoms with van der Waals surface area (Å²) in [5.41, 5.74) is 1.10. The number of anilines is 1. The number of hydrogen-bond donors (Lipinski definition) is 1. The first-order valence-electron chi connectivity index (χ1n) is 9.55. The summed E-state index contributed by atoms with van der Waals surface area (Å²) < 4.78 is 13.2. The van der Waals surface area contributed by atoms with E-state index in [1.165, 1.54) is 42.8 Å². The van der Waals surface area contributed by atoms with E-state index >= 15 is 0 Å². The number of imide groups is 1. The fourth-order valence-electron chi connectivity index (χ4n) is 3.99. The van der Waals surface area contributed by atoms with Crippen molar-refractivity contribution < 1.29 is 18.8 Å². The van der Waals surface area contributed by atoms with Gasteiger partial charge in [-0.3, -0.25) is 14.4 Å². The van der Waals surface area contributed by atoms with Gasteiger partial charge in [-0.2, -0.15) is 0 Å². The molecule has 0 bridgehead atoms. The second kappa shape index (κ2) is 7.19. The van der Waals surface area contributed by atoms with Crippen LogP contribution in [0, 0.1) is 11.7 Å². The standard InChI is InChI=1S/C22H21FN2O3/c1-13-4-2-3-5-19(13)24-20(26)14-6-11-17-18(12-14)22(28)25(21(17)27)16-9-7-15(23)8-10-16/h6-13,19H,2-5H2,1H3,(H,24,26)/t13-,19+/m0/s1. The van der Waals surface area contributed by atoms with Gasteiger partial charge >= 0.3 is 0 Å². The van der Waals surface area contributed by atoms with Crippen LogP contribution in [-0.4, -0.2) is 23.8 Å². The number of hydrogen-bond acceptors (Lipinski definition) is 3. The number of amides is 3. The number of rotatable bonds is 3. The van der Waals surface area contributed by atoms with Crippen molar-refractivity contribution in [2.75, 3.05) is 4.90 Å². The van der Waals surface area contributed by atoms with Gasteiger partial charge in [0.2, 0.25) is 0 Å². The molecule has 1 heterocycles. The second-order valence-electron chi connectivity index (χ2n) is 7.52. The van der Waals surface area contributed by atoms with E-state index in [0.717, 1.165) is 24.2 Å². The fourth-order valence-corrected chi connectivity index (χ4v) is 3.99. The van der Waals surface area contributed by atoms with Crippen molar-refractivity contribution in [1.29, 1.82) is 0 Å². The molecule has 2 aromatic carbocycles. The van der Waals surface area contributed by atoms with E-state index in [9.17, 15) is 18.8 Å². The summed E-state index contributed by atoms with van der Waals surface area (Å²) in [4.78, 5) is 39.1. The maximum absolute atomic E-state index is 13.2. The molecule has 3 amide bonds. The first-order valence-corrected chi connectivity index (χ1v) is 9.55. The molecular formula is C22H21FN2O3.